The average molecular weight is 445 g/mol. The second-order valence-corrected chi connectivity index (χ2v) is 9.05. The molecule has 3 aromatic rings. The van der Waals surface area contributed by atoms with Crippen LogP contribution in [0.1, 0.15) is 71.8 Å². The molecule has 7 heteroatoms. The van der Waals surface area contributed by atoms with Gasteiger partial charge in [-0.2, -0.15) is 5.10 Å². The molecule has 0 saturated carbocycles. The maximum Gasteiger partial charge on any atom is 0.274 e. The highest BCUT2D eigenvalue weighted by Crippen LogP contribution is 2.34. The quantitative estimate of drug-likeness (QED) is 0.586. The van der Waals surface area contributed by atoms with Crippen LogP contribution in [0, 0.1) is 6.92 Å². The van der Waals surface area contributed by atoms with E-state index in [0.29, 0.717) is 5.69 Å². The fourth-order valence-electron chi connectivity index (χ4n) is 5.06. The highest BCUT2D eigenvalue weighted by Gasteiger charge is 2.33. The molecule has 172 valence electrons. The number of likely N-dealkylation sites (tertiary alicyclic amines) is 1. The number of aryl methyl sites for hydroxylation is 2. The predicted molar refractivity (Wildman–Crippen MR) is 128 cm³/mol. The van der Waals surface area contributed by atoms with Gasteiger partial charge in [-0.15, -0.1) is 0 Å². The van der Waals surface area contributed by atoms with Crippen LogP contribution in [0.3, 0.4) is 0 Å². The first kappa shape index (κ1) is 21.6. The Morgan fingerprint density at radius 2 is 1.91 bits per heavy atom. The van der Waals surface area contributed by atoms with E-state index in [1.54, 1.807) is 4.68 Å². The lowest BCUT2D eigenvalue weighted by Crippen LogP contribution is -2.40. The van der Waals surface area contributed by atoms with Gasteiger partial charge >= 0.3 is 0 Å². The Morgan fingerprint density at radius 1 is 1.06 bits per heavy atom. The van der Waals surface area contributed by atoms with E-state index in [1.165, 1.54) is 11.1 Å². The molecule has 5 rings (SSSR count). The average Bonchev–Trinajstić information content (AvgIpc) is 3.34. The summed E-state index contributed by atoms with van der Waals surface area (Å²) < 4.78 is 1.80. The van der Waals surface area contributed by atoms with Crippen molar-refractivity contribution < 1.29 is 4.79 Å². The summed E-state index contributed by atoms with van der Waals surface area (Å²) in [4.78, 5) is 27.8. The molecule has 7 nitrogen and oxygen atoms in total. The van der Waals surface area contributed by atoms with Crippen molar-refractivity contribution in [2.75, 3.05) is 18.0 Å². The van der Waals surface area contributed by atoms with E-state index >= 15 is 0 Å². The SMILES string of the molecule is CCn1ccc(C(=O)N2CCCC[C@@H]2c2nc(C)c3c(n2)N(Cc2ccccc2)CCC3)n1. The van der Waals surface area contributed by atoms with Crippen LogP contribution in [0.4, 0.5) is 5.82 Å². The van der Waals surface area contributed by atoms with Gasteiger partial charge in [0.25, 0.3) is 5.91 Å². The fraction of sp³-hybridized carbons (Fsp3) is 0.462. The van der Waals surface area contributed by atoms with E-state index in [9.17, 15) is 4.79 Å². The Balaban J connectivity index is 1.47. The standard InChI is InChI=1S/C26H32N6O/c1-3-31-17-14-22(29-31)26(33)32-16-8-7-13-23(32)24-27-19(2)21-12-9-15-30(25(21)28-24)18-20-10-5-4-6-11-20/h4-6,10-11,14,17,23H,3,7-9,12-13,15-16,18H2,1-2H3/t23-/m1/s1. The number of anilines is 1. The van der Waals surface area contributed by atoms with Crippen LogP contribution in [0.2, 0.25) is 0 Å². The minimum absolute atomic E-state index is 0.0213. The molecular formula is C26H32N6O. The third-order valence-electron chi connectivity index (χ3n) is 6.83. The number of carbonyl (C=O) groups excluding carboxylic acids is 1. The molecule has 2 aliphatic rings. The van der Waals surface area contributed by atoms with Gasteiger partial charge < -0.3 is 9.80 Å². The number of benzene rings is 1. The molecule has 0 aliphatic carbocycles. The Hall–Kier alpha value is -3.22. The number of carbonyl (C=O) groups is 1. The molecule has 1 fully saturated rings. The Labute approximate surface area is 195 Å². The van der Waals surface area contributed by atoms with E-state index in [2.05, 4.69) is 47.3 Å². The number of amides is 1. The molecule has 1 atom stereocenters. The molecule has 33 heavy (non-hydrogen) atoms. The maximum atomic E-state index is 13.4. The summed E-state index contributed by atoms with van der Waals surface area (Å²) in [7, 11) is 0. The van der Waals surface area contributed by atoms with E-state index in [1.807, 2.05) is 24.1 Å². The van der Waals surface area contributed by atoms with Gasteiger partial charge in [-0.1, -0.05) is 30.3 Å². The highest BCUT2D eigenvalue weighted by molar-refractivity contribution is 5.92. The Kier molecular flexibility index (Phi) is 6.11. The van der Waals surface area contributed by atoms with Crippen LogP contribution in [0.15, 0.2) is 42.6 Å². The van der Waals surface area contributed by atoms with E-state index in [0.717, 1.165) is 75.6 Å². The highest BCUT2D eigenvalue weighted by atomic mass is 16.2. The topological polar surface area (TPSA) is 67.2 Å². The van der Waals surface area contributed by atoms with Gasteiger partial charge in [0.05, 0.1) is 6.04 Å². The largest absolute Gasteiger partial charge is 0.352 e. The van der Waals surface area contributed by atoms with Crippen LogP contribution in [0.5, 0.6) is 0 Å². The third kappa shape index (κ3) is 4.36. The lowest BCUT2D eigenvalue weighted by molar-refractivity contribution is 0.0592. The number of aromatic nitrogens is 4. The zero-order valence-electron chi connectivity index (χ0n) is 19.6. The van der Waals surface area contributed by atoms with Crippen molar-refractivity contribution in [2.45, 2.75) is 65.1 Å². The van der Waals surface area contributed by atoms with Crippen LogP contribution < -0.4 is 4.90 Å². The fourth-order valence-corrected chi connectivity index (χ4v) is 5.06. The number of hydrogen-bond donors (Lipinski definition) is 0. The van der Waals surface area contributed by atoms with Gasteiger partial charge in [0, 0.05) is 43.6 Å². The zero-order valence-corrected chi connectivity index (χ0v) is 19.6. The Bertz CT molecular complexity index is 1130. The van der Waals surface area contributed by atoms with Crippen molar-refractivity contribution in [1.29, 1.82) is 0 Å². The molecule has 0 unspecified atom stereocenters. The van der Waals surface area contributed by atoms with Crippen LogP contribution in [0.25, 0.3) is 0 Å². The minimum Gasteiger partial charge on any atom is -0.352 e. The van der Waals surface area contributed by atoms with E-state index < -0.39 is 0 Å². The zero-order chi connectivity index (χ0) is 22.8. The summed E-state index contributed by atoms with van der Waals surface area (Å²) >= 11 is 0. The number of rotatable bonds is 5. The van der Waals surface area contributed by atoms with Crippen molar-refractivity contribution >= 4 is 11.7 Å². The number of piperidine rings is 1. The maximum absolute atomic E-state index is 13.4. The van der Waals surface area contributed by atoms with Crippen molar-refractivity contribution in [1.82, 2.24) is 24.6 Å². The summed E-state index contributed by atoms with van der Waals surface area (Å²) in [6.45, 7) is 7.41. The second kappa shape index (κ2) is 9.33. The molecule has 1 amide bonds. The number of hydrogen-bond acceptors (Lipinski definition) is 5. The smallest absolute Gasteiger partial charge is 0.274 e. The van der Waals surface area contributed by atoms with Crippen molar-refractivity contribution in [3.05, 3.63) is 70.9 Å². The second-order valence-electron chi connectivity index (χ2n) is 9.05. The molecule has 0 N–H and O–H groups in total. The van der Waals surface area contributed by atoms with E-state index in [-0.39, 0.29) is 11.9 Å². The first-order valence-electron chi connectivity index (χ1n) is 12.1. The van der Waals surface area contributed by atoms with Crippen molar-refractivity contribution in [3.8, 4) is 0 Å². The van der Waals surface area contributed by atoms with Gasteiger partial charge in [-0.25, -0.2) is 9.97 Å². The lowest BCUT2D eigenvalue weighted by Gasteiger charge is -2.36. The van der Waals surface area contributed by atoms with Crippen LogP contribution >= 0.6 is 0 Å². The summed E-state index contributed by atoms with van der Waals surface area (Å²) in [6.07, 6.45) is 6.95. The first-order valence-corrected chi connectivity index (χ1v) is 12.1. The molecule has 0 radical (unpaired) electrons. The number of nitrogens with zero attached hydrogens (tertiary/aromatic N) is 6. The predicted octanol–water partition coefficient (Wildman–Crippen LogP) is 4.32. The molecule has 0 spiro atoms. The summed E-state index contributed by atoms with van der Waals surface area (Å²) in [5, 5.41) is 4.46. The van der Waals surface area contributed by atoms with E-state index in [4.69, 9.17) is 9.97 Å². The lowest BCUT2D eigenvalue weighted by atomic mass is 9.99. The molecule has 2 aliphatic heterocycles. The Morgan fingerprint density at radius 3 is 2.70 bits per heavy atom. The minimum atomic E-state index is -0.109. The summed E-state index contributed by atoms with van der Waals surface area (Å²) in [5.74, 6) is 1.79. The summed E-state index contributed by atoms with van der Waals surface area (Å²) in [6, 6.07) is 12.3. The van der Waals surface area contributed by atoms with Gasteiger partial charge in [-0.3, -0.25) is 9.48 Å². The first-order chi connectivity index (χ1) is 16.1. The van der Waals surface area contributed by atoms with Crippen molar-refractivity contribution in [2.24, 2.45) is 0 Å². The van der Waals surface area contributed by atoms with Crippen LogP contribution in [-0.4, -0.2) is 43.6 Å². The molecular weight excluding hydrogens is 412 g/mol. The van der Waals surface area contributed by atoms with Gasteiger partial charge in [0.1, 0.15) is 11.5 Å². The normalized spacial score (nSPS) is 18.3. The molecule has 4 heterocycles. The monoisotopic (exact) mass is 444 g/mol. The van der Waals surface area contributed by atoms with Gasteiger partial charge in [0.2, 0.25) is 0 Å². The molecule has 1 saturated heterocycles. The van der Waals surface area contributed by atoms with Crippen molar-refractivity contribution in [3.63, 3.8) is 0 Å². The molecule has 2 aromatic heterocycles. The number of fused-ring (bicyclic) bond motifs is 1. The summed E-state index contributed by atoms with van der Waals surface area (Å²) in [5.41, 5.74) is 4.07. The van der Waals surface area contributed by atoms with Gasteiger partial charge in [0.15, 0.2) is 5.82 Å². The molecule has 0 bridgehead atoms. The van der Waals surface area contributed by atoms with Gasteiger partial charge in [-0.05, 0) is 57.6 Å². The third-order valence-corrected chi connectivity index (χ3v) is 6.83. The van der Waals surface area contributed by atoms with Crippen LogP contribution in [-0.2, 0) is 19.5 Å². The molecule has 1 aromatic carbocycles.